The number of hydrogen-bond donors (Lipinski definition) is 1. The summed E-state index contributed by atoms with van der Waals surface area (Å²) in [5, 5.41) is 4.84. The van der Waals surface area contributed by atoms with Crippen molar-refractivity contribution in [1.82, 2.24) is 10.3 Å². The van der Waals surface area contributed by atoms with Crippen molar-refractivity contribution in [3.05, 3.63) is 37.5 Å². The van der Waals surface area contributed by atoms with Crippen LogP contribution in [0.5, 0.6) is 0 Å². The largest absolute Gasteiger partial charge is 0.304 e. The molecule has 2 rings (SSSR count). The summed E-state index contributed by atoms with van der Waals surface area (Å²) in [6.07, 6.45) is 2.26. The van der Waals surface area contributed by atoms with Gasteiger partial charge in [-0.3, -0.25) is 0 Å². The molecule has 0 saturated heterocycles. The Morgan fingerprint density at radius 2 is 2.00 bits per heavy atom. The monoisotopic (exact) mass is 294 g/mol. The lowest BCUT2D eigenvalue weighted by atomic mass is 10.2. The highest BCUT2D eigenvalue weighted by atomic mass is 32.1. The van der Waals surface area contributed by atoms with Gasteiger partial charge in [0.1, 0.15) is 5.01 Å². The van der Waals surface area contributed by atoms with Gasteiger partial charge < -0.3 is 5.32 Å². The van der Waals surface area contributed by atoms with E-state index in [0.29, 0.717) is 0 Å². The number of hydrogen-bond acceptors (Lipinski definition) is 4. The molecule has 4 heteroatoms. The van der Waals surface area contributed by atoms with Crippen LogP contribution in [0, 0.1) is 13.8 Å². The van der Waals surface area contributed by atoms with Gasteiger partial charge in [0.25, 0.3) is 0 Å². The van der Waals surface area contributed by atoms with Gasteiger partial charge in [-0.15, -0.1) is 22.7 Å². The minimum atomic E-state index is 0.266. The van der Waals surface area contributed by atoms with E-state index in [4.69, 9.17) is 4.98 Å². The van der Waals surface area contributed by atoms with Crippen molar-refractivity contribution in [2.75, 3.05) is 6.54 Å². The second-order valence-electron chi connectivity index (χ2n) is 4.74. The van der Waals surface area contributed by atoms with E-state index in [0.717, 1.165) is 25.1 Å². The highest BCUT2D eigenvalue weighted by Gasteiger charge is 2.19. The second kappa shape index (κ2) is 6.64. The van der Waals surface area contributed by atoms with E-state index < -0.39 is 0 Å². The van der Waals surface area contributed by atoms with Crippen molar-refractivity contribution < 1.29 is 0 Å². The van der Waals surface area contributed by atoms with Crippen molar-refractivity contribution in [3.63, 3.8) is 0 Å². The lowest BCUT2D eigenvalue weighted by molar-refractivity contribution is 0.602. The van der Waals surface area contributed by atoms with Crippen molar-refractivity contribution in [2.45, 2.75) is 46.6 Å². The maximum Gasteiger partial charge on any atom is 0.115 e. The molecule has 0 aliphatic carbocycles. The molecule has 2 aromatic rings. The molecule has 0 aliphatic rings. The third kappa shape index (κ3) is 3.44. The number of aryl methyl sites for hydroxylation is 3. The molecule has 0 fully saturated rings. The fourth-order valence-corrected chi connectivity index (χ4v) is 4.08. The van der Waals surface area contributed by atoms with Crippen LogP contribution in [0.4, 0.5) is 0 Å². The number of nitrogens with zero attached hydrogens (tertiary/aromatic N) is 1. The zero-order valence-electron chi connectivity index (χ0n) is 12.1. The van der Waals surface area contributed by atoms with Gasteiger partial charge in [0.2, 0.25) is 0 Å². The Morgan fingerprint density at radius 1 is 1.21 bits per heavy atom. The van der Waals surface area contributed by atoms with E-state index >= 15 is 0 Å². The molecular weight excluding hydrogens is 272 g/mol. The Bertz CT molecular complexity index is 508. The molecule has 19 heavy (non-hydrogen) atoms. The van der Waals surface area contributed by atoms with Crippen LogP contribution in [0.2, 0.25) is 0 Å². The Kier molecular flexibility index (Phi) is 5.13. The van der Waals surface area contributed by atoms with Crippen LogP contribution in [0.15, 0.2) is 12.1 Å². The SMILES string of the molecule is CCCNC(c1ccc(CC)s1)c1nc(C)c(C)s1. The molecule has 2 aromatic heterocycles. The molecule has 2 nitrogen and oxygen atoms in total. The summed E-state index contributed by atoms with van der Waals surface area (Å²) in [5.41, 5.74) is 1.16. The lowest BCUT2D eigenvalue weighted by Gasteiger charge is -2.14. The highest BCUT2D eigenvalue weighted by Crippen LogP contribution is 2.32. The molecule has 0 bridgehead atoms. The average Bonchev–Trinajstić information content (AvgIpc) is 2.98. The quantitative estimate of drug-likeness (QED) is 0.850. The van der Waals surface area contributed by atoms with E-state index in [2.05, 4.69) is 45.1 Å². The fraction of sp³-hybridized carbons (Fsp3) is 0.533. The number of thiazole rings is 1. The van der Waals surface area contributed by atoms with Crippen molar-refractivity contribution in [1.29, 1.82) is 0 Å². The molecule has 0 aliphatic heterocycles. The second-order valence-corrected chi connectivity index (χ2v) is 7.17. The molecule has 104 valence electrons. The summed E-state index contributed by atoms with van der Waals surface area (Å²) >= 11 is 3.72. The predicted octanol–water partition coefficient (Wildman–Crippen LogP) is 4.47. The third-order valence-corrected chi connectivity index (χ3v) is 5.64. The van der Waals surface area contributed by atoms with Crippen molar-refractivity contribution in [3.8, 4) is 0 Å². The smallest absolute Gasteiger partial charge is 0.115 e. The minimum absolute atomic E-state index is 0.266. The van der Waals surface area contributed by atoms with Crippen LogP contribution in [0.3, 0.4) is 0 Å². The van der Waals surface area contributed by atoms with E-state index in [-0.39, 0.29) is 6.04 Å². The molecule has 2 heterocycles. The van der Waals surface area contributed by atoms with Crippen LogP contribution < -0.4 is 5.32 Å². The Morgan fingerprint density at radius 3 is 2.53 bits per heavy atom. The maximum absolute atomic E-state index is 4.74. The zero-order chi connectivity index (χ0) is 13.8. The Labute approximate surface area is 123 Å². The molecule has 0 aromatic carbocycles. The molecule has 0 radical (unpaired) electrons. The topological polar surface area (TPSA) is 24.9 Å². The summed E-state index contributed by atoms with van der Waals surface area (Å²) in [6, 6.07) is 4.76. The van der Waals surface area contributed by atoms with Gasteiger partial charge in [0, 0.05) is 14.6 Å². The third-order valence-electron chi connectivity index (χ3n) is 3.21. The van der Waals surface area contributed by atoms with Gasteiger partial charge in [0.15, 0.2) is 0 Å². The number of thiophene rings is 1. The van der Waals surface area contributed by atoms with Crippen LogP contribution >= 0.6 is 22.7 Å². The first-order valence-corrected chi connectivity index (χ1v) is 8.54. The molecular formula is C15H22N2S2. The molecule has 0 spiro atoms. The summed E-state index contributed by atoms with van der Waals surface area (Å²) in [4.78, 5) is 8.90. The number of aromatic nitrogens is 1. The van der Waals surface area contributed by atoms with E-state index in [1.807, 2.05) is 22.7 Å². The fourth-order valence-electron chi connectivity index (χ4n) is 1.96. The number of rotatable bonds is 6. The van der Waals surface area contributed by atoms with E-state index in [1.165, 1.54) is 19.6 Å². The van der Waals surface area contributed by atoms with Gasteiger partial charge in [-0.1, -0.05) is 13.8 Å². The first-order chi connectivity index (χ1) is 9.15. The van der Waals surface area contributed by atoms with Crippen molar-refractivity contribution >= 4 is 22.7 Å². The summed E-state index contributed by atoms with van der Waals surface area (Å²) in [6.45, 7) is 9.69. The first kappa shape index (κ1) is 14.7. The maximum atomic E-state index is 4.74. The average molecular weight is 294 g/mol. The predicted molar refractivity (Wildman–Crippen MR) is 85.4 cm³/mol. The van der Waals surface area contributed by atoms with Gasteiger partial charge in [0.05, 0.1) is 11.7 Å². The Balaban J connectivity index is 2.29. The summed E-state index contributed by atoms with van der Waals surface area (Å²) in [7, 11) is 0. The molecule has 0 saturated carbocycles. The molecule has 1 N–H and O–H groups in total. The van der Waals surface area contributed by atoms with Crippen LogP contribution in [0.25, 0.3) is 0 Å². The summed E-state index contributed by atoms with van der Waals surface area (Å²) in [5.74, 6) is 0. The standard InChI is InChI=1S/C15H22N2S2/c1-5-9-16-14(13-8-7-12(6-2)19-13)15-17-10(3)11(4)18-15/h7-8,14,16H,5-6,9H2,1-4H3. The molecule has 1 atom stereocenters. The lowest BCUT2D eigenvalue weighted by Crippen LogP contribution is -2.22. The number of nitrogens with one attached hydrogen (secondary N) is 1. The van der Waals surface area contributed by atoms with Crippen LogP contribution in [0.1, 0.15) is 51.6 Å². The highest BCUT2D eigenvalue weighted by molar-refractivity contribution is 7.13. The van der Waals surface area contributed by atoms with Crippen LogP contribution in [-0.2, 0) is 6.42 Å². The van der Waals surface area contributed by atoms with Gasteiger partial charge in [-0.2, -0.15) is 0 Å². The minimum Gasteiger partial charge on any atom is -0.304 e. The van der Waals surface area contributed by atoms with Crippen LogP contribution in [-0.4, -0.2) is 11.5 Å². The molecule has 0 amide bonds. The Hall–Kier alpha value is -0.710. The normalized spacial score (nSPS) is 12.8. The van der Waals surface area contributed by atoms with E-state index in [1.54, 1.807) is 0 Å². The van der Waals surface area contributed by atoms with Crippen molar-refractivity contribution in [2.24, 2.45) is 0 Å². The summed E-state index contributed by atoms with van der Waals surface area (Å²) < 4.78 is 0. The zero-order valence-corrected chi connectivity index (χ0v) is 13.8. The van der Waals surface area contributed by atoms with Gasteiger partial charge in [-0.25, -0.2) is 4.98 Å². The first-order valence-electron chi connectivity index (χ1n) is 6.91. The van der Waals surface area contributed by atoms with Gasteiger partial charge in [-0.05, 0) is 45.4 Å². The van der Waals surface area contributed by atoms with E-state index in [9.17, 15) is 0 Å². The molecule has 1 unspecified atom stereocenters. The van der Waals surface area contributed by atoms with Gasteiger partial charge >= 0.3 is 0 Å².